The quantitative estimate of drug-likeness (QED) is 0.837. The van der Waals surface area contributed by atoms with Crippen LogP contribution in [0.4, 0.5) is 0 Å². The SMILES string of the molecule is CN(CC1CCCOC1)C(=O)[C@@H]1CCC[C@@H]1C(=O)O. The minimum Gasteiger partial charge on any atom is -0.481 e. The maximum absolute atomic E-state index is 12.4. The molecule has 108 valence electrons. The summed E-state index contributed by atoms with van der Waals surface area (Å²) in [5, 5.41) is 9.15. The zero-order chi connectivity index (χ0) is 13.8. The van der Waals surface area contributed by atoms with E-state index in [0.717, 1.165) is 25.9 Å². The lowest BCUT2D eigenvalue weighted by atomic mass is 9.94. The van der Waals surface area contributed by atoms with Gasteiger partial charge in [-0.3, -0.25) is 9.59 Å². The molecule has 2 rings (SSSR count). The van der Waals surface area contributed by atoms with Crippen LogP contribution >= 0.6 is 0 Å². The summed E-state index contributed by atoms with van der Waals surface area (Å²) in [5.41, 5.74) is 0. The van der Waals surface area contributed by atoms with Crippen LogP contribution in [0, 0.1) is 17.8 Å². The van der Waals surface area contributed by atoms with Crippen molar-refractivity contribution in [1.29, 1.82) is 0 Å². The fourth-order valence-electron chi connectivity index (χ4n) is 3.26. The molecule has 0 aromatic rings. The summed E-state index contributed by atoms with van der Waals surface area (Å²) in [5.74, 6) is -1.25. The largest absolute Gasteiger partial charge is 0.481 e. The van der Waals surface area contributed by atoms with Gasteiger partial charge in [-0.15, -0.1) is 0 Å². The molecule has 1 aliphatic heterocycles. The van der Waals surface area contributed by atoms with Gasteiger partial charge in [0.2, 0.25) is 5.91 Å². The van der Waals surface area contributed by atoms with Crippen LogP contribution in [0.2, 0.25) is 0 Å². The van der Waals surface area contributed by atoms with Gasteiger partial charge in [0, 0.05) is 20.2 Å². The van der Waals surface area contributed by atoms with E-state index in [1.165, 1.54) is 0 Å². The summed E-state index contributed by atoms with van der Waals surface area (Å²) in [6, 6.07) is 0. The van der Waals surface area contributed by atoms with E-state index in [1.54, 1.807) is 11.9 Å². The lowest BCUT2D eigenvalue weighted by Crippen LogP contribution is -2.40. The number of amides is 1. The highest BCUT2D eigenvalue weighted by Crippen LogP contribution is 2.33. The smallest absolute Gasteiger partial charge is 0.307 e. The molecule has 1 heterocycles. The van der Waals surface area contributed by atoms with E-state index in [0.29, 0.717) is 31.9 Å². The first-order valence-electron chi connectivity index (χ1n) is 7.15. The van der Waals surface area contributed by atoms with Crippen LogP contribution in [0.25, 0.3) is 0 Å². The Hall–Kier alpha value is -1.10. The highest BCUT2D eigenvalue weighted by molar-refractivity contribution is 5.85. The highest BCUT2D eigenvalue weighted by Gasteiger charge is 2.39. The Kier molecular flexibility index (Phi) is 4.80. The summed E-state index contributed by atoms with van der Waals surface area (Å²) in [6.45, 7) is 2.21. The fraction of sp³-hybridized carbons (Fsp3) is 0.857. The second kappa shape index (κ2) is 6.37. The molecule has 19 heavy (non-hydrogen) atoms. The number of aliphatic carboxylic acids is 1. The van der Waals surface area contributed by atoms with Crippen molar-refractivity contribution in [2.24, 2.45) is 17.8 Å². The molecular weight excluding hydrogens is 246 g/mol. The van der Waals surface area contributed by atoms with E-state index in [4.69, 9.17) is 9.84 Å². The molecule has 0 spiro atoms. The monoisotopic (exact) mass is 269 g/mol. The van der Waals surface area contributed by atoms with E-state index in [2.05, 4.69) is 0 Å². The standard InChI is InChI=1S/C14H23NO4/c1-15(8-10-4-3-7-19-9-10)13(16)11-5-2-6-12(11)14(17)18/h10-12H,2-9H2,1H3,(H,17,18)/t10?,11-,12+/m1/s1. The van der Waals surface area contributed by atoms with E-state index in [-0.39, 0.29) is 11.8 Å². The second-order valence-corrected chi connectivity index (χ2v) is 5.78. The predicted molar refractivity (Wildman–Crippen MR) is 69.6 cm³/mol. The van der Waals surface area contributed by atoms with Gasteiger partial charge in [0.15, 0.2) is 0 Å². The van der Waals surface area contributed by atoms with Gasteiger partial charge in [0.05, 0.1) is 18.4 Å². The summed E-state index contributed by atoms with van der Waals surface area (Å²) < 4.78 is 5.42. The van der Waals surface area contributed by atoms with Crippen molar-refractivity contribution in [3.05, 3.63) is 0 Å². The van der Waals surface area contributed by atoms with Crippen molar-refractivity contribution in [3.63, 3.8) is 0 Å². The Morgan fingerprint density at radius 1 is 1.21 bits per heavy atom. The number of ether oxygens (including phenoxy) is 1. The Balaban J connectivity index is 1.89. The van der Waals surface area contributed by atoms with Gasteiger partial charge in [0.25, 0.3) is 0 Å². The molecule has 1 unspecified atom stereocenters. The van der Waals surface area contributed by atoms with Crippen molar-refractivity contribution in [2.75, 3.05) is 26.8 Å². The van der Waals surface area contributed by atoms with Crippen LogP contribution in [0.1, 0.15) is 32.1 Å². The third-order valence-corrected chi connectivity index (χ3v) is 4.31. The number of hydrogen-bond acceptors (Lipinski definition) is 3. The molecule has 0 bridgehead atoms. The van der Waals surface area contributed by atoms with Gasteiger partial charge in [-0.1, -0.05) is 6.42 Å². The van der Waals surface area contributed by atoms with Gasteiger partial charge < -0.3 is 14.7 Å². The van der Waals surface area contributed by atoms with Crippen LogP contribution in [0.15, 0.2) is 0 Å². The molecule has 3 atom stereocenters. The fourth-order valence-corrected chi connectivity index (χ4v) is 3.26. The molecule has 5 nitrogen and oxygen atoms in total. The molecule has 0 radical (unpaired) electrons. The number of rotatable bonds is 4. The molecule has 1 saturated heterocycles. The maximum atomic E-state index is 12.4. The highest BCUT2D eigenvalue weighted by atomic mass is 16.5. The number of carboxylic acid groups (broad SMARTS) is 1. The molecule has 2 aliphatic rings. The van der Waals surface area contributed by atoms with E-state index < -0.39 is 11.9 Å². The Morgan fingerprint density at radius 3 is 2.58 bits per heavy atom. The zero-order valence-corrected chi connectivity index (χ0v) is 11.5. The second-order valence-electron chi connectivity index (χ2n) is 5.78. The minimum atomic E-state index is -0.828. The number of nitrogens with zero attached hydrogens (tertiary/aromatic N) is 1. The van der Waals surface area contributed by atoms with Crippen molar-refractivity contribution < 1.29 is 19.4 Å². The molecule has 1 amide bonds. The van der Waals surface area contributed by atoms with Crippen molar-refractivity contribution in [2.45, 2.75) is 32.1 Å². The molecule has 2 fully saturated rings. The van der Waals surface area contributed by atoms with E-state index in [1.807, 2.05) is 0 Å². The molecule has 0 aromatic heterocycles. The number of carbonyl (C=O) groups excluding carboxylic acids is 1. The molecule has 0 aromatic carbocycles. The van der Waals surface area contributed by atoms with Crippen LogP contribution < -0.4 is 0 Å². The molecule has 1 saturated carbocycles. The van der Waals surface area contributed by atoms with Crippen molar-refractivity contribution in [3.8, 4) is 0 Å². The predicted octanol–water partition coefficient (Wildman–Crippen LogP) is 1.37. The van der Waals surface area contributed by atoms with Gasteiger partial charge >= 0.3 is 5.97 Å². The minimum absolute atomic E-state index is 0.00419. The normalized spacial score (nSPS) is 31.1. The average molecular weight is 269 g/mol. The molecule has 1 N–H and O–H groups in total. The van der Waals surface area contributed by atoms with Gasteiger partial charge in [0.1, 0.15) is 0 Å². The van der Waals surface area contributed by atoms with Crippen LogP contribution in [-0.2, 0) is 14.3 Å². The van der Waals surface area contributed by atoms with Crippen LogP contribution in [-0.4, -0.2) is 48.7 Å². The lowest BCUT2D eigenvalue weighted by Gasteiger charge is -2.29. The summed E-state index contributed by atoms with van der Waals surface area (Å²) in [6.07, 6.45) is 4.32. The van der Waals surface area contributed by atoms with E-state index in [9.17, 15) is 9.59 Å². The third-order valence-electron chi connectivity index (χ3n) is 4.31. The zero-order valence-electron chi connectivity index (χ0n) is 11.5. The lowest BCUT2D eigenvalue weighted by molar-refractivity contribution is -0.149. The molecule has 1 aliphatic carbocycles. The molecule has 5 heteroatoms. The third kappa shape index (κ3) is 3.47. The topological polar surface area (TPSA) is 66.8 Å². The van der Waals surface area contributed by atoms with Gasteiger partial charge in [-0.05, 0) is 31.6 Å². The maximum Gasteiger partial charge on any atom is 0.307 e. The summed E-state index contributed by atoms with van der Waals surface area (Å²) in [4.78, 5) is 25.2. The van der Waals surface area contributed by atoms with Gasteiger partial charge in [-0.2, -0.15) is 0 Å². The van der Waals surface area contributed by atoms with Crippen LogP contribution in [0.5, 0.6) is 0 Å². The van der Waals surface area contributed by atoms with Gasteiger partial charge in [-0.25, -0.2) is 0 Å². The Bertz CT molecular complexity index is 338. The summed E-state index contributed by atoms with van der Waals surface area (Å²) >= 11 is 0. The number of carboxylic acids is 1. The first kappa shape index (κ1) is 14.3. The van der Waals surface area contributed by atoms with Crippen LogP contribution in [0.3, 0.4) is 0 Å². The number of carbonyl (C=O) groups is 2. The van der Waals surface area contributed by atoms with E-state index >= 15 is 0 Å². The Labute approximate surface area is 113 Å². The Morgan fingerprint density at radius 2 is 1.95 bits per heavy atom. The summed E-state index contributed by atoms with van der Waals surface area (Å²) in [7, 11) is 1.79. The van der Waals surface area contributed by atoms with Crippen molar-refractivity contribution >= 4 is 11.9 Å². The van der Waals surface area contributed by atoms with Crippen molar-refractivity contribution in [1.82, 2.24) is 4.90 Å². The average Bonchev–Trinajstić information content (AvgIpc) is 2.88. The first-order valence-corrected chi connectivity index (χ1v) is 7.15. The first-order chi connectivity index (χ1) is 9.09. The molecular formula is C14H23NO4. The number of hydrogen-bond donors (Lipinski definition) is 1.